The smallest absolute Gasteiger partial charge is 0.321 e. The quantitative estimate of drug-likeness (QED) is 0.689. The van der Waals surface area contributed by atoms with Crippen LogP contribution >= 0.6 is 11.8 Å². The van der Waals surface area contributed by atoms with Gasteiger partial charge in [-0.15, -0.1) is 0 Å². The highest BCUT2D eigenvalue weighted by molar-refractivity contribution is 7.99. The fraction of sp³-hybridized carbons (Fsp3) is 0.778. The molecule has 0 bridgehead atoms. The molecule has 1 heterocycles. The molecular weight excluding hydrogens is 216 g/mol. The van der Waals surface area contributed by atoms with Crippen LogP contribution in [0.5, 0.6) is 0 Å². The molecule has 0 aromatic heterocycles. The Kier molecular flexibility index (Phi) is 4.41. The molecule has 1 amide bonds. The van der Waals surface area contributed by atoms with Gasteiger partial charge in [-0.25, -0.2) is 0 Å². The van der Waals surface area contributed by atoms with Crippen LogP contribution in [0.15, 0.2) is 0 Å². The number of thioether (sulfide) groups is 1. The van der Waals surface area contributed by atoms with Gasteiger partial charge >= 0.3 is 5.97 Å². The van der Waals surface area contributed by atoms with Gasteiger partial charge in [0.15, 0.2) is 0 Å². The molecule has 0 saturated carbocycles. The number of carboxylic acids is 1. The molecule has 3 N–H and O–H groups in total. The van der Waals surface area contributed by atoms with E-state index in [-0.39, 0.29) is 11.8 Å². The van der Waals surface area contributed by atoms with Crippen molar-refractivity contribution in [1.29, 1.82) is 0 Å². The number of nitrogens with zero attached hydrogens (tertiary/aromatic N) is 1. The molecule has 1 aliphatic rings. The summed E-state index contributed by atoms with van der Waals surface area (Å²) in [5.41, 5.74) is 5.16. The first kappa shape index (κ1) is 12.3. The third-order valence-corrected chi connectivity index (χ3v) is 3.54. The van der Waals surface area contributed by atoms with Crippen LogP contribution in [0, 0.1) is 5.92 Å². The number of primary amides is 1. The number of amides is 1. The van der Waals surface area contributed by atoms with Crippen LogP contribution in [0.3, 0.4) is 0 Å². The van der Waals surface area contributed by atoms with Gasteiger partial charge in [-0.1, -0.05) is 6.92 Å². The van der Waals surface area contributed by atoms with Gasteiger partial charge in [0.2, 0.25) is 5.91 Å². The predicted octanol–water partition coefficient (Wildman–Crippen LogP) is -0.390. The molecule has 0 radical (unpaired) electrons. The van der Waals surface area contributed by atoms with Crippen LogP contribution in [0.25, 0.3) is 0 Å². The van der Waals surface area contributed by atoms with Crippen molar-refractivity contribution < 1.29 is 14.7 Å². The average Bonchev–Trinajstić information content (AvgIpc) is 2.18. The zero-order chi connectivity index (χ0) is 11.4. The minimum atomic E-state index is -0.820. The van der Waals surface area contributed by atoms with Gasteiger partial charge in [0.25, 0.3) is 0 Å². The van der Waals surface area contributed by atoms with Crippen LogP contribution < -0.4 is 5.73 Å². The minimum absolute atomic E-state index is 0.296. The molecule has 0 aliphatic carbocycles. The van der Waals surface area contributed by atoms with E-state index in [4.69, 9.17) is 10.8 Å². The Balaban J connectivity index is 2.56. The van der Waals surface area contributed by atoms with Gasteiger partial charge in [-0.05, 0) is 0 Å². The van der Waals surface area contributed by atoms with E-state index in [1.54, 1.807) is 18.7 Å². The molecule has 5 nitrogen and oxygen atoms in total. The van der Waals surface area contributed by atoms with Crippen molar-refractivity contribution in [1.82, 2.24) is 4.90 Å². The second-order valence-electron chi connectivity index (χ2n) is 3.73. The van der Waals surface area contributed by atoms with E-state index in [2.05, 4.69) is 0 Å². The van der Waals surface area contributed by atoms with Crippen LogP contribution in [-0.2, 0) is 9.59 Å². The Labute approximate surface area is 93.0 Å². The summed E-state index contributed by atoms with van der Waals surface area (Å²) < 4.78 is 0. The van der Waals surface area contributed by atoms with Gasteiger partial charge in [0.05, 0.1) is 0 Å². The fourth-order valence-electron chi connectivity index (χ4n) is 1.53. The van der Waals surface area contributed by atoms with Crippen molar-refractivity contribution >= 4 is 23.6 Å². The lowest BCUT2D eigenvalue weighted by molar-refractivity contribution is -0.143. The normalized spacial score (nSPS) is 24.7. The number of hydrogen-bond donors (Lipinski definition) is 2. The SMILES string of the molecule is CC(CN1CCSCC1C(=O)O)C(N)=O. The van der Waals surface area contributed by atoms with Crippen LogP contribution in [0.2, 0.25) is 0 Å². The minimum Gasteiger partial charge on any atom is -0.480 e. The van der Waals surface area contributed by atoms with E-state index in [1.165, 1.54) is 0 Å². The monoisotopic (exact) mass is 232 g/mol. The summed E-state index contributed by atoms with van der Waals surface area (Å²) in [4.78, 5) is 23.7. The first-order valence-corrected chi connectivity index (χ1v) is 6.01. The van der Waals surface area contributed by atoms with E-state index >= 15 is 0 Å². The summed E-state index contributed by atoms with van der Waals surface area (Å²) in [5, 5.41) is 8.99. The molecule has 1 saturated heterocycles. The molecule has 15 heavy (non-hydrogen) atoms. The van der Waals surface area contributed by atoms with Gasteiger partial charge in [-0.2, -0.15) is 11.8 Å². The van der Waals surface area contributed by atoms with Crippen LogP contribution in [0.1, 0.15) is 6.92 Å². The molecule has 0 spiro atoms. The topological polar surface area (TPSA) is 83.6 Å². The molecule has 1 aliphatic heterocycles. The number of carbonyl (C=O) groups excluding carboxylic acids is 1. The van der Waals surface area contributed by atoms with E-state index in [9.17, 15) is 9.59 Å². The summed E-state index contributed by atoms with van der Waals surface area (Å²) in [5.74, 6) is 0.00184. The maximum atomic E-state index is 10.9. The molecule has 86 valence electrons. The largest absolute Gasteiger partial charge is 0.480 e. The first-order valence-electron chi connectivity index (χ1n) is 4.86. The van der Waals surface area contributed by atoms with Gasteiger partial charge in [0.1, 0.15) is 6.04 Å². The Morgan fingerprint density at radius 2 is 2.33 bits per heavy atom. The van der Waals surface area contributed by atoms with Crippen molar-refractivity contribution in [3.8, 4) is 0 Å². The highest BCUT2D eigenvalue weighted by Gasteiger charge is 2.30. The molecular formula is C9H16N2O3S. The lowest BCUT2D eigenvalue weighted by Gasteiger charge is -2.33. The summed E-state index contributed by atoms with van der Waals surface area (Å²) in [6.45, 7) is 2.87. The highest BCUT2D eigenvalue weighted by atomic mass is 32.2. The Bertz CT molecular complexity index is 260. The Morgan fingerprint density at radius 1 is 1.67 bits per heavy atom. The van der Waals surface area contributed by atoms with E-state index in [1.807, 2.05) is 4.90 Å². The third kappa shape index (κ3) is 3.39. The molecule has 0 aromatic carbocycles. The average molecular weight is 232 g/mol. The Hall–Kier alpha value is -0.750. The number of carboxylic acid groups (broad SMARTS) is 1. The van der Waals surface area contributed by atoms with E-state index in [0.29, 0.717) is 18.8 Å². The van der Waals surface area contributed by atoms with Crippen molar-refractivity contribution in [2.75, 3.05) is 24.6 Å². The molecule has 6 heteroatoms. The van der Waals surface area contributed by atoms with Gasteiger partial charge in [0, 0.05) is 30.5 Å². The molecule has 2 atom stereocenters. The summed E-state index contributed by atoms with van der Waals surface area (Å²) in [7, 11) is 0. The highest BCUT2D eigenvalue weighted by Crippen LogP contribution is 2.17. The Morgan fingerprint density at radius 3 is 2.87 bits per heavy atom. The van der Waals surface area contributed by atoms with Gasteiger partial charge < -0.3 is 10.8 Å². The van der Waals surface area contributed by atoms with E-state index in [0.717, 1.165) is 5.75 Å². The van der Waals surface area contributed by atoms with Crippen molar-refractivity contribution in [2.45, 2.75) is 13.0 Å². The zero-order valence-electron chi connectivity index (χ0n) is 8.68. The third-order valence-electron chi connectivity index (χ3n) is 2.52. The number of nitrogens with two attached hydrogens (primary N) is 1. The lowest BCUT2D eigenvalue weighted by atomic mass is 10.1. The number of hydrogen-bond acceptors (Lipinski definition) is 4. The summed E-state index contributed by atoms with van der Waals surface area (Å²) in [6.07, 6.45) is 0. The second-order valence-corrected chi connectivity index (χ2v) is 4.88. The first-order chi connectivity index (χ1) is 7.02. The number of carbonyl (C=O) groups is 2. The molecule has 1 fully saturated rings. The number of aliphatic carboxylic acids is 1. The van der Waals surface area contributed by atoms with Crippen molar-refractivity contribution in [3.63, 3.8) is 0 Å². The zero-order valence-corrected chi connectivity index (χ0v) is 9.50. The van der Waals surface area contributed by atoms with Crippen LogP contribution in [-0.4, -0.2) is 52.5 Å². The van der Waals surface area contributed by atoms with Crippen LogP contribution in [0.4, 0.5) is 0 Å². The molecule has 2 unspecified atom stereocenters. The summed E-state index contributed by atoms with van der Waals surface area (Å²) in [6, 6.07) is -0.481. The predicted molar refractivity (Wildman–Crippen MR) is 58.7 cm³/mol. The maximum absolute atomic E-state index is 10.9. The standard InChI is InChI=1S/C9H16N2O3S/c1-6(8(10)12)4-11-2-3-15-5-7(11)9(13)14/h6-7H,2-5H2,1H3,(H2,10,12)(H,13,14). The van der Waals surface area contributed by atoms with Crippen molar-refractivity contribution in [3.05, 3.63) is 0 Å². The maximum Gasteiger partial charge on any atom is 0.321 e. The lowest BCUT2D eigenvalue weighted by Crippen LogP contribution is -2.50. The van der Waals surface area contributed by atoms with Crippen molar-refractivity contribution in [2.24, 2.45) is 11.7 Å². The van der Waals surface area contributed by atoms with E-state index < -0.39 is 12.0 Å². The van der Waals surface area contributed by atoms with Gasteiger partial charge in [-0.3, -0.25) is 14.5 Å². The number of rotatable bonds is 4. The fourth-order valence-corrected chi connectivity index (χ4v) is 2.63. The molecule has 1 rings (SSSR count). The second kappa shape index (κ2) is 5.37. The molecule has 0 aromatic rings. The summed E-state index contributed by atoms with van der Waals surface area (Å²) >= 11 is 1.63.